The van der Waals surface area contributed by atoms with Gasteiger partial charge in [0.2, 0.25) is 0 Å². The average Bonchev–Trinajstić information content (AvgIpc) is 0.707. The molecule has 0 fully saturated rings. The second kappa shape index (κ2) is 58.2. The highest BCUT2D eigenvalue weighted by atomic mass is 35.5. The van der Waals surface area contributed by atoms with E-state index in [0.29, 0.717) is 11.5 Å². The smallest absolute Gasteiger partial charge is 0.343 e. The molecule has 0 N–H and O–H groups in total. The van der Waals surface area contributed by atoms with E-state index in [0.717, 1.165) is 29.6 Å². The van der Waals surface area contributed by atoms with Crippen LogP contribution in [0.4, 0.5) is 0 Å². The maximum Gasteiger partial charge on any atom is 0.343 e. The SMILES string of the molecule is O=C(Oc1ccc(-c2ccccn2)cc1)c1cc(Cl)cc(C(=O)Oc2ccc(-c3ccccn3)cc2)c1.[B][B]B(B([B])[B])B(B(B([B])[B])B([B])[B])B(B(B(B([B])[B])B([B])[B])B(B([B])[B])B([B])[B])B(B(B(B(B([B])[B])B([B])[B])B(B([B])[B])B([B])[B])B(B(B([B])[B])B([B])[B])B(B([B])[B])B([B])[B])B(B(B(B([B])[B])B([B])[B])B(B([B])[B])B([B])[B])B(B(B([B])[B])B([B])[B])B(B([B])[B])B([B])[B]. The second-order valence-corrected chi connectivity index (χ2v) is 34.6. The van der Waals surface area contributed by atoms with E-state index in [4.69, 9.17) is 385 Å². The van der Waals surface area contributed by atoms with Crippen LogP contribution in [0.25, 0.3) is 22.5 Å². The summed E-state index contributed by atoms with van der Waals surface area (Å²) in [4.78, 5) is 34.2. The third kappa shape index (κ3) is 33.7. The highest BCUT2D eigenvalue weighted by molar-refractivity contribution is 8.43. The van der Waals surface area contributed by atoms with E-state index in [1.807, 2.05) is 60.7 Å². The van der Waals surface area contributed by atoms with E-state index in [2.05, 4.69) is 9.97 Å². The van der Waals surface area contributed by atoms with E-state index < -0.39 is 299 Å². The van der Waals surface area contributed by atoms with Gasteiger partial charge in [-0.05, 0) is 91.0 Å². The van der Waals surface area contributed by atoms with Crippen LogP contribution in [0, 0.1) is 0 Å². The molecule has 0 unspecified atom stereocenters. The molecule has 2 aromatic heterocycles. The summed E-state index contributed by atoms with van der Waals surface area (Å²) >= 11 is 6.19. The lowest BCUT2D eigenvalue weighted by molar-refractivity contribution is 0.0734. The fraction of sp³-hybridized carbons (Fsp3) is 0. The summed E-state index contributed by atoms with van der Waals surface area (Å²) < 4.78 is 11.0. The van der Waals surface area contributed by atoms with Gasteiger partial charge in [0.05, 0.1) is 22.5 Å². The molecule has 0 spiro atoms. The molecular weight excluding hydrogens is 1490 g/mol. The summed E-state index contributed by atoms with van der Waals surface area (Å²) in [5.74, 6) is -0.604. The zero-order valence-electron chi connectivity index (χ0n) is 73.1. The highest BCUT2D eigenvalue weighted by Crippen LogP contribution is 2.32. The van der Waals surface area contributed by atoms with Crippen LogP contribution < -0.4 is 9.47 Å². The number of carbonyl (C=O) groups excluding carboxylic acids is 2. The summed E-state index contributed by atoms with van der Waals surface area (Å²) in [5, 5.41) is 0.206. The lowest BCUT2D eigenvalue weighted by Gasteiger charge is -2.63. The van der Waals surface area contributed by atoms with Crippen molar-refractivity contribution in [1.29, 1.82) is 0 Å². The number of benzene rings is 3. The van der Waals surface area contributed by atoms with Crippen LogP contribution in [0.2, 0.25) is 5.02 Å². The van der Waals surface area contributed by atoms with Gasteiger partial charge < -0.3 is 9.47 Å². The molecule has 6 nitrogen and oxygen atoms in total. The molecule has 0 saturated carbocycles. The van der Waals surface area contributed by atoms with E-state index >= 15 is 0 Å². The topological polar surface area (TPSA) is 78.4 Å². The first-order valence-corrected chi connectivity index (χ1v) is 42.4. The number of aromatic nitrogens is 2. The molecule has 0 saturated heterocycles. The largest absolute Gasteiger partial charge is 0.423 e. The third-order valence-electron chi connectivity index (χ3n) is 25.2. The van der Waals surface area contributed by atoms with E-state index in [1.54, 1.807) is 36.7 Å². The first-order chi connectivity index (χ1) is 60.4. The van der Waals surface area contributed by atoms with Gasteiger partial charge in [-0.1, -0.05) is 23.7 Å². The Kier molecular flexibility index (Phi) is 55.3. The molecule has 5 rings (SSSR count). The first-order valence-electron chi connectivity index (χ1n) is 42.0. The number of halogens is 1. The molecule has 0 amide bonds. The maximum atomic E-state index is 12.8. The minimum Gasteiger partial charge on any atom is -0.423 e. The molecule has 2 heterocycles. The summed E-state index contributed by atoms with van der Waals surface area (Å²) in [7, 11) is 332. The van der Waals surface area contributed by atoms with Crippen molar-refractivity contribution in [2.45, 2.75) is 0 Å². The minimum absolute atomic E-state index is 0.124. The molecule has 100 heteroatoms. The normalized spacial score (nSPS) is 10.0. The molecular formula is C30H19B93ClN2O4. The Balaban J connectivity index is 0.000000779. The molecule has 459 valence electrons. The van der Waals surface area contributed by atoms with E-state index in [-0.39, 0.29) is 16.1 Å². The van der Waals surface area contributed by atoms with E-state index in [1.165, 1.54) is 18.2 Å². The van der Waals surface area contributed by atoms with Gasteiger partial charge in [-0.2, -0.15) is 0 Å². The number of pyridine rings is 2. The standard InChI is InChI=1S/C30H19ClN2O4.B93/c31-24-18-22(29(34)36-25-11-7-20(8-12-25)27-5-1-3-15-32-27)17-23(19-24)30(35)37-26-13-9-21(10-14-26)28-6-2-4-16-33-28;1-48-72(49(2)3)84(73(50(4)5)51(6)7)90(85(74(52(8)9)53(10)11)75(54(12)13)55(14)15)93(91(86(76(56(16)17)57(18)19)77(58(20)21)59(22)23)87(78(60(24)25)61(26)27)79(62(28)29)63(30)31)92(88(80(64(32)33)65(34)35)81(66(36)37)67(38)39)89(82(68(40)41)69(42)43)83(70(44)45)71(46)47/h1-19H;. The minimum atomic E-state index is -2.17. The molecule has 0 atom stereocenters. The van der Waals surface area contributed by atoms with Gasteiger partial charge in [0.1, 0.15) is 11.5 Å². The lowest BCUT2D eigenvalue weighted by atomic mass is 8.19. The van der Waals surface area contributed by atoms with Gasteiger partial charge in [-0.15, -0.1) is 0 Å². The number of hydrogen-bond acceptors (Lipinski definition) is 6. The van der Waals surface area contributed by atoms with Gasteiger partial charge in [0.15, 0.2) is 0 Å². The van der Waals surface area contributed by atoms with Gasteiger partial charge in [0, 0.05) is 687 Å². The number of nitrogens with zero attached hydrogens (tertiary/aromatic N) is 2. The number of ether oxygens (including phenoxy) is 2. The van der Waals surface area contributed by atoms with Crippen LogP contribution in [0.5, 0.6) is 11.5 Å². The Bertz CT molecular complexity index is 3560. The summed E-state index contributed by atoms with van der Waals surface area (Å²) in [6.45, 7) is 0. The fourth-order valence-electron chi connectivity index (χ4n) is 20.3. The lowest BCUT2D eigenvalue weighted by Crippen LogP contribution is -3.01. The van der Waals surface area contributed by atoms with Crippen molar-refractivity contribution >= 4 is 682 Å². The van der Waals surface area contributed by atoms with Crippen molar-refractivity contribution in [3.8, 4) is 34.0 Å². The summed E-state index contributed by atoms with van der Waals surface area (Å²) in [5.41, 5.74) is 3.65. The van der Waals surface area contributed by atoms with Crippen LogP contribution in [-0.2, 0) is 0 Å². The highest BCUT2D eigenvalue weighted by Gasteiger charge is 2.68. The van der Waals surface area contributed by atoms with Crippen molar-refractivity contribution in [2.75, 3.05) is 0 Å². The number of rotatable bonds is 51. The molecule has 130 heavy (non-hydrogen) atoms. The van der Waals surface area contributed by atoms with Crippen molar-refractivity contribution in [3.63, 3.8) is 0 Å². The second-order valence-electron chi connectivity index (χ2n) is 34.2. The molecule has 0 aliphatic heterocycles. The van der Waals surface area contributed by atoms with Crippen LogP contribution in [0.1, 0.15) is 20.7 Å². The molecule has 0 aliphatic carbocycles. The van der Waals surface area contributed by atoms with Crippen molar-refractivity contribution in [1.82, 2.24) is 9.97 Å². The fourth-order valence-corrected chi connectivity index (χ4v) is 20.5. The number of carbonyl (C=O) groups is 2. The monoisotopic (exact) mass is 1530 g/mol. The summed E-state index contributed by atoms with van der Waals surface area (Å²) in [6.07, 6.45) is -78.2. The molecule has 5 aromatic rings. The quantitative estimate of drug-likeness (QED) is 0.0219. The van der Waals surface area contributed by atoms with Gasteiger partial charge in [-0.3, -0.25) is 9.97 Å². The Labute approximate surface area is 867 Å². The average molecular weight is 1510 g/mol. The Morgan fingerprint density at radius 2 is 0.408 bits per heavy atom. The van der Waals surface area contributed by atoms with Gasteiger partial charge in [0.25, 0.3) is 0 Å². The van der Waals surface area contributed by atoms with E-state index in [9.17, 15) is 9.59 Å². The predicted molar refractivity (Wildman–Crippen MR) is 676 cm³/mol. The zero-order chi connectivity index (χ0) is 99.3. The molecule has 3 aromatic carbocycles. The van der Waals surface area contributed by atoms with Crippen LogP contribution in [0.3, 0.4) is 0 Å². The zero-order valence-corrected chi connectivity index (χ0v) is 73.8. The van der Waals surface area contributed by atoms with Crippen molar-refractivity contribution < 1.29 is 19.1 Å². The molecule has 95 radical (unpaired) electrons. The van der Waals surface area contributed by atoms with Crippen molar-refractivity contribution in [2.24, 2.45) is 0 Å². The molecule has 0 bridgehead atoms. The van der Waals surface area contributed by atoms with Crippen molar-refractivity contribution in [3.05, 3.63) is 132 Å². The Hall–Kier alpha value is 1.23. The third-order valence-corrected chi connectivity index (χ3v) is 25.4. The Morgan fingerprint density at radius 3 is 0.569 bits per heavy atom. The molecule has 0 aliphatic rings. The maximum absolute atomic E-state index is 12.8. The van der Waals surface area contributed by atoms with Crippen LogP contribution in [0.15, 0.2) is 116 Å². The Morgan fingerprint density at radius 1 is 0.231 bits per heavy atom. The first kappa shape index (κ1) is 124. The van der Waals surface area contributed by atoms with Crippen LogP contribution in [-0.4, -0.2) is 680 Å². The van der Waals surface area contributed by atoms with Gasteiger partial charge in [-0.25, -0.2) is 9.59 Å². The summed E-state index contributed by atoms with van der Waals surface area (Å²) in [6, 6.07) is 29.5. The number of hydrogen-bond donors (Lipinski definition) is 0. The van der Waals surface area contributed by atoms with Gasteiger partial charge >= 0.3 is 11.9 Å². The predicted octanol–water partition coefficient (Wildman–Crippen LogP) is -28.5. The number of esters is 2. The van der Waals surface area contributed by atoms with Crippen LogP contribution >= 0.6 is 11.6 Å².